The van der Waals surface area contributed by atoms with Gasteiger partial charge in [-0.2, -0.15) is 0 Å². The fourth-order valence-corrected chi connectivity index (χ4v) is 0.143. The van der Waals surface area contributed by atoms with Crippen molar-refractivity contribution in [3.63, 3.8) is 0 Å². The van der Waals surface area contributed by atoms with Gasteiger partial charge in [0.25, 0.3) is 0 Å². The molecule has 4 heteroatoms. The van der Waals surface area contributed by atoms with E-state index >= 15 is 0 Å². The van der Waals surface area contributed by atoms with E-state index in [1.165, 1.54) is 0 Å². The highest BCUT2D eigenvalue weighted by molar-refractivity contribution is 5.89. The first-order valence-corrected chi connectivity index (χ1v) is 1.77. The van der Waals surface area contributed by atoms with E-state index in [4.69, 9.17) is 10.2 Å². The van der Waals surface area contributed by atoms with Crippen LogP contribution in [-0.2, 0) is 9.59 Å². The summed E-state index contributed by atoms with van der Waals surface area (Å²) >= 11 is 0. The Morgan fingerprint density at radius 2 is 1.25 bits per heavy atom. The van der Waals surface area contributed by atoms with E-state index < -0.39 is 11.9 Å². The van der Waals surface area contributed by atoms with E-state index in [2.05, 4.69) is 0 Å². The molecule has 0 aromatic heterocycles. The molecular weight excluding hydrogens is 114 g/mol. The molecule has 0 spiro atoms. The van der Waals surface area contributed by atoms with E-state index in [9.17, 15) is 9.59 Å². The Kier molecular flexibility index (Phi) is 2.33. The number of carbonyl (C=O) groups is 2. The molecule has 0 aliphatic heterocycles. The van der Waals surface area contributed by atoms with Crippen molar-refractivity contribution in [3.05, 3.63) is 12.2 Å². The molecule has 0 aliphatic rings. The van der Waals surface area contributed by atoms with Gasteiger partial charge in [0.05, 0.1) is 0 Å². The predicted molar refractivity (Wildman–Crippen MR) is 24.4 cm³/mol. The van der Waals surface area contributed by atoms with Crippen molar-refractivity contribution in [2.45, 2.75) is 0 Å². The molecule has 0 bridgehead atoms. The molecule has 0 unspecified atom stereocenters. The van der Waals surface area contributed by atoms with Crippen LogP contribution in [0.5, 0.6) is 0 Å². The van der Waals surface area contributed by atoms with Crippen LogP contribution in [0.2, 0.25) is 0 Å². The molecule has 0 atom stereocenters. The SMILES string of the molecule is O=[13C](O)/C=C/[13C](=O)O. The number of hydrogen-bond donors (Lipinski definition) is 2. The van der Waals surface area contributed by atoms with Crippen molar-refractivity contribution in [1.82, 2.24) is 0 Å². The topological polar surface area (TPSA) is 74.6 Å². The van der Waals surface area contributed by atoms with Crippen molar-refractivity contribution in [1.29, 1.82) is 0 Å². The van der Waals surface area contributed by atoms with Gasteiger partial charge in [-0.15, -0.1) is 0 Å². The van der Waals surface area contributed by atoms with Crippen LogP contribution in [0.3, 0.4) is 0 Å². The number of hydrogen-bond acceptors (Lipinski definition) is 2. The maximum atomic E-state index is 9.55. The first-order valence-electron chi connectivity index (χ1n) is 1.77. The zero-order chi connectivity index (χ0) is 6.57. The summed E-state index contributed by atoms with van der Waals surface area (Å²) in [5.41, 5.74) is 0. The Morgan fingerprint density at radius 3 is 1.38 bits per heavy atom. The third kappa shape index (κ3) is 4.68. The highest BCUT2D eigenvalue weighted by atomic mass is 16.5. The summed E-state index contributed by atoms with van der Waals surface area (Å²) in [7, 11) is 0. The lowest BCUT2D eigenvalue weighted by molar-refractivity contribution is -0.134. The van der Waals surface area contributed by atoms with Crippen LogP contribution in [-0.4, -0.2) is 22.2 Å². The summed E-state index contributed by atoms with van der Waals surface area (Å²) in [4.78, 5) is 19.1. The lowest BCUT2D eigenvalue weighted by Crippen LogP contribution is -1.91. The minimum Gasteiger partial charge on any atom is -0.478 e. The van der Waals surface area contributed by atoms with Gasteiger partial charge in [-0.05, 0) is 0 Å². The minimum atomic E-state index is -1.26. The number of carboxylic acid groups (broad SMARTS) is 2. The van der Waals surface area contributed by atoms with Gasteiger partial charge in [-0.3, -0.25) is 0 Å². The smallest absolute Gasteiger partial charge is 0.328 e. The number of rotatable bonds is 2. The predicted octanol–water partition coefficient (Wildman–Crippen LogP) is -0.288. The zero-order valence-electron chi connectivity index (χ0n) is 3.87. The summed E-state index contributed by atoms with van der Waals surface area (Å²) in [5.74, 6) is -2.51. The second-order valence-electron chi connectivity index (χ2n) is 1.01. The molecule has 0 saturated carbocycles. The third-order valence-corrected chi connectivity index (χ3v) is 0.368. The first kappa shape index (κ1) is 6.68. The summed E-state index contributed by atoms with van der Waals surface area (Å²) < 4.78 is 0. The van der Waals surface area contributed by atoms with E-state index in [1.54, 1.807) is 0 Å². The molecule has 0 radical (unpaired) electrons. The van der Waals surface area contributed by atoms with Crippen LogP contribution < -0.4 is 0 Å². The van der Waals surface area contributed by atoms with Crippen molar-refractivity contribution in [2.75, 3.05) is 0 Å². The van der Waals surface area contributed by atoms with E-state index in [-0.39, 0.29) is 0 Å². The fourth-order valence-electron chi connectivity index (χ4n) is 0.143. The normalized spacial score (nSPS) is 9.50. The minimum absolute atomic E-state index is 0.558. The monoisotopic (exact) mass is 118 g/mol. The van der Waals surface area contributed by atoms with Gasteiger partial charge in [0.2, 0.25) is 0 Å². The maximum absolute atomic E-state index is 9.55. The van der Waals surface area contributed by atoms with Gasteiger partial charge >= 0.3 is 11.9 Å². The molecule has 0 amide bonds. The fraction of sp³-hybridized carbons (Fsp3) is 0. The van der Waals surface area contributed by atoms with Crippen LogP contribution in [0.25, 0.3) is 0 Å². The van der Waals surface area contributed by atoms with Gasteiger partial charge in [0.15, 0.2) is 0 Å². The number of carboxylic acids is 2. The van der Waals surface area contributed by atoms with Crippen LogP contribution in [0.4, 0.5) is 0 Å². The van der Waals surface area contributed by atoms with Crippen LogP contribution in [0, 0.1) is 0 Å². The van der Waals surface area contributed by atoms with Gasteiger partial charge in [0, 0.05) is 12.2 Å². The van der Waals surface area contributed by atoms with Gasteiger partial charge in [0.1, 0.15) is 0 Å². The van der Waals surface area contributed by atoms with E-state index in [0.29, 0.717) is 12.2 Å². The molecular formula is C4H4O4. The molecule has 0 saturated heterocycles. The average Bonchev–Trinajstić information content (AvgIpc) is 1.61. The molecule has 2 N–H and O–H groups in total. The summed E-state index contributed by atoms with van der Waals surface area (Å²) in [6.07, 6.45) is 1.12. The van der Waals surface area contributed by atoms with Gasteiger partial charge in [-0.25, -0.2) is 9.59 Å². The summed E-state index contributed by atoms with van der Waals surface area (Å²) in [5, 5.41) is 15.6. The summed E-state index contributed by atoms with van der Waals surface area (Å²) in [6, 6.07) is 0. The Balaban J connectivity index is 3.67. The lowest BCUT2D eigenvalue weighted by atomic mass is 10.8. The Morgan fingerprint density at radius 1 is 1.00 bits per heavy atom. The Bertz CT molecular complexity index is 119. The Hall–Kier alpha value is -1.32. The third-order valence-electron chi connectivity index (χ3n) is 0.368. The van der Waals surface area contributed by atoms with Crippen LogP contribution in [0.15, 0.2) is 12.2 Å². The van der Waals surface area contributed by atoms with Crippen LogP contribution in [0.1, 0.15) is 0 Å². The molecule has 0 rings (SSSR count). The second-order valence-corrected chi connectivity index (χ2v) is 1.01. The molecule has 8 heavy (non-hydrogen) atoms. The molecule has 4 nitrogen and oxygen atoms in total. The highest BCUT2D eigenvalue weighted by Crippen LogP contribution is 1.70. The molecule has 0 aromatic rings. The van der Waals surface area contributed by atoms with E-state index in [0.717, 1.165) is 0 Å². The zero-order valence-corrected chi connectivity index (χ0v) is 3.87. The van der Waals surface area contributed by atoms with Crippen molar-refractivity contribution < 1.29 is 19.8 Å². The second kappa shape index (κ2) is 2.79. The molecule has 0 heterocycles. The van der Waals surface area contributed by atoms with Gasteiger partial charge in [-0.1, -0.05) is 0 Å². The van der Waals surface area contributed by atoms with Crippen molar-refractivity contribution in [3.8, 4) is 0 Å². The lowest BCUT2D eigenvalue weighted by Gasteiger charge is -1.74. The maximum Gasteiger partial charge on any atom is 0.328 e. The molecule has 0 fully saturated rings. The molecule has 0 aliphatic carbocycles. The first-order chi connectivity index (χ1) is 3.63. The average molecular weight is 118 g/mol. The van der Waals surface area contributed by atoms with Crippen molar-refractivity contribution in [2.24, 2.45) is 0 Å². The Labute approximate surface area is 45.1 Å². The molecule has 0 aromatic carbocycles. The standard InChI is InChI=1S/C4H4O4/c5-3(6)1-2-4(7)8/h1-2H,(H,5,6)(H,7,8)/b2-1+/i3+1,4+1. The highest BCUT2D eigenvalue weighted by Gasteiger charge is 1.88. The quantitative estimate of drug-likeness (QED) is 0.386. The van der Waals surface area contributed by atoms with Gasteiger partial charge < -0.3 is 10.2 Å². The molecule has 44 valence electrons. The van der Waals surface area contributed by atoms with Crippen molar-refractivity contribution >= 4 is 11.9 Å². The largest absolute Gasteiger partial charge is 0.478 e. The van der Waals surface area contributed by atoms with E-state index in [1.807, 2.05) is 0 Å². The number of aliphatic carboxylic acids is 2. The summed E-state index contributed by atoms with van der Waals surface area (Å²) in [6.45, 7) is 0. The van der Waals surface area contributed by atoms with Crippen LogP contribution >= 0.6 is 0 Å².